The van der Waals surface area contributed by atoms with Crippen LogP contribution in [0.2, 0.25) is 0 Å². The van der Waals surface area contributed by atoms with Gasteiger partial charge in [-0.05, 0) is 30.5 Å². The van der Waals surface area contributed by atoms with Crippen LogP contribution in [0.15, 0.2) is 59.6 Å². The Morgan fingerprint density at radius 2 is 2.03 bits per heavy atom. The molecule has 2 aromatic carbocycles. The van der Waals surface area contributed by atoms with Gasteiger partial charge < -0.3 is 9.30 Å². The minimum Gasteiger partial charge on any atom is -0.380 e. The lowest BCUT2D eigenvalue weighted by Crippen LogP contribution is -2.19. The second-order valence-corrected chi connectivity index (χ2v) is 8.66. The number of carbonyl (C=O) groups is 1. The Balaban J connectivity index is 1.73. The van der Waals surface area contributed by atoms with E-state index in [1.807, 2.05) is 29.7 Å². The predicted molar refractivity (Wildman–Crippen MR) is 124 cm³/mol. The van der Waals surface area contributed by atoms with E-state index in [0.29, 0.717) is 29.4 Å². The minimum absolute atomic E-state index is 0.0363. The van der Waals surface area contributed by atoms with E-state index >= 15 is 0 Å². The Labute approximate surface area is 185 Å². The first-order valence-electron chi connectivity index (χ1n) is 9.66. The average molecular weight is 454 g/mol. The number of carbonyl (C=O) groups excluding carboxylic acids is 1. The van der Waals surface area contributed by atoms with Gasteiger partial charge in [-0.3, -0.25) is 14.9 Å². The number of fused-ring (bicyclic) bond motifs is 3. The second kappa shape index (κ2) is 9.34. The lowest BCUT2D eigenvalue weighted by Gasteiger charge is -2.06. The van der Waals surface area contributed by atoms with Crippen molar-refractivity contribution in [3.05, 3.63) is 74.4 Å². The van der Waals surface area contributed by atoms with Gasteiger partial charge in [-0.25, -0.2) is 0 Å². The number of nitro groups is 1. The van der Waals surface area contributed by atoms with E-state index in [0.717, 1.165) is 32.3 Å². The highest BCUT2D eigenvalue weighted by Crippen LogP contribution is 2.28. The highest BCUT2D eigenvalue weighted by atomic mass is 32.1. The molecule has 1 amide bonds. The van der Waals surface area contributed by atoms with Crippen LogP contribution in [0.4, 0.5) is 5.00 Å². The van der Waals surface area contributed by atoms with Crippen molar-refractivity contribution in [1.29, 1.82) is 0 Å². The fourth-order valence-electron chi connectivity index (χ4n) is 3.22. The van der Waals surface area contributed by atoms with E-state index in [2.05, 4.69) is 23.2 Å². The van der Waals surface area contributed by atoms with Crippen LogP contribution >= 0.6 is 22.7 Å². The zero-order chi connectivity index (χ0) is 21.8. The molecule has 0 radical (unpaired) electrons. The minimum atomic E-state index is -0.447. The van der Waals surface area contributed by atoms with E-state index in [1.165, 1.54) is 23.5 Å². The smallest absolute Gasteiger partial charge is 0.324 e. The zero-order valence-electron chi connectivity index (χ0n) is 16.7. The number of ether oxygens (including phenoxy) is 1. The van der Waals surface area contributed by atoms with E-state index in [-0.39, 0.29) is 5.00 Å². The highest BCUT2D eigenvalue weighted by Gasteiger charge is 2.11. The van der Waals surface area contributed by atoms with Crippen molar-refractivity contribution in [2.45, 2.75) is 13.5 Å². The number of rotatable bonds is 7. The molecular formula is C22H19N3O4S2. The van der Waals surface area contributed by atoms with Crippen LogP contribution in [0.25, 0.3) is 27.1 Å². The summed E-state index contributed by atoms with van der Waals surface area (Å²) < 4.78 is 8.59. The van der Waals surface area contributed by atoms with Gasteiger partial charge in [0.15, 0.2) is 4.80 Å². The van der Waals surface area contributed by atoms with Gasteiger partial charge in [0.1, 0.15) is 0 Å². The fourth-order valence-corrected chi connectivity index (χ4v) is 5.14. The summed E-state index contributed by atoms with van der Waals surface area (Å²) in [6, 6.07) is 15.3. The third-order valence-electron chi connectivity index (χ3n) is 4.63. The molecule has 0 N–H and O–H groups in total. The molecule has 4 aromatic rings. The number of thiazole rings is 1. The summed E-state index contributed by atoms with van der Waals surface area (Å²) in [5.74, 6) is -0.419. The lowest BCUT2D eigenvalue weighted by molar-refractivity contribution is -0.380. The van der Waals surface area contributed by atoms with Crippen LogP contribution in [0, 0.1) is 10.1 Å². The molecule has 7 nitrogen and oxygen atoms in total. The van der Waals surface area contributed by atoms with Gasteiger partial charge in [0, 0.05) is 35.6 Å². The molecule has 0 aliphatic heterocycles. The highest BCUT2D eigenvalue weighted by molar-refractivity contribution is 7.17. The third kappa shape index (κ3) is 4.63. The Kier molecular flexibility index (Phi) is 6.36. The summed E-state index contributed by atoms with van der Waals surface area (Å²) in [5, 5.41) is 13.1. The summed E-state index contributed by atoms with van der Waals surface area (Å²) in [6.07, 6.45) is 2.89. The molecule has 0 spiro atoms. The van der Waals surface area contributed by atoms with Crippen LogP contribution in [0.5, 0.6) is 0 Å². The molecule has 2 heterocycles. The normalized spacial score (nSPS) is 12.4. The van der Waals surface area contributed by atoms with Gasteiger partial charge >= 0.3 is 5.00 Å². The number of amides is 1. The van der Waals surface area contributed by atoms with E-state index in [1.54, 1.807) is 12.1 Å². The zero-order valence-corrected chi connectivity index (χ0v) is 18.3. The molecule has 0 saturated heterocycles. The van der Waals surface area contributed by atoms with Gasteiger partial charge in [0.05, 0.1) is 21.7 Å². The largest absolute Gasteiger partial charge is 0.380 e. The van der Waals surface area contributed by atoms with Crippen molar-refractivity contribution in [3.63, 3.8) is 0 Å². The monoisotopic (exact) mass is 453 g/mol. The van der Waals surface area contributed by atoms with Gasteiger partial charge in [0.2, 0.25) is 0 Å². The van der Waals surface area contributed by atoms with Crippen LogP contribution in [-0.2, 0) is 16.1 Å². The Bertz CT molecular complexity index is 1360. The SMILES string of the molecule is CCOCCn1c(=NC(=O)/C=C/c2ccc([N+](=O)[O-])s2)sc2c3ccccc3ccc21. The van der Waals surface area contributed by atoms with Gasteiger partial charge in [-0.2, -0.15) is 4.99 Å². The van der Waals surface area contributed by atoms with E-state index < -0.39 is 10.8 Å². The summed E-state index contributed by atoms with van der Waals surface area (Å²) in [7, 11) is 0. The maximum absolute atomic E-state index is 12.5. The Hall–Kier alpha value is -3.14. The summed E-state index contributed by atoms with van der Waals surface area (Å²) in [5.41, 5.74) is 1.01. The molecule has 0 atom stereocenters. The third-order valence-corrected chi connectivity index (χ3v) is 6.76. The van der Waals surface area contributed by atoms with E-state index in [4.69, 9.17) is 4.74 Å². The van der Waals surface area contributed by atoms with Crippen molar-refractivity contribution >= 4 is 60.6 Å². The molecule has 0 saturated carbocycles. The first kappa shape index (κ1) is 21.1. The fraction of sp³-hybridized carbons (Fsp3) is 0.182. The van der Waals surface area contributed by atoms with Crippen molar-refractivity contribution in [1.82, 2.24) is 4.57 Å². The molecule has 0 aliphatic rings. The first-order chi connectivity index (χ1) is 15.1. The molecule has 158 valence electrons. The molecule has 9 heteroatoms. The van der Waals surface area contributed by atoms with E-state index in [9.17, 15) is 14.9 Å². The molecule has 31 heavy (non-hydrogen) atoms. The number of benzene rings is 2. The maximum Gasteiger partial charge on any atom is 0.324 e. The summed E-state index contributed by atoms with van der Waals surface area (Å²) >= 11 is 2.48. The number of hydrogen-bond donors (Lipinski definition) is 0. The van der Waals surface area contributed by atoms with Gasteiger partial charge in [-0.1, -0.05) is 53.0 Å². The molecule has 2 aromatic heterocycles. The predicted octanol–water partition coefficient (Wildman–Crippen LogP) is 5.00. The number of thiophene rings is 1. The number of hydrogen-bond acceptors (Lipinski definition) is 6. The van der Waals surface area contributed by atoms with Crippen molar-refractivity contribution in [2.24, 2.45) is 4.99 Å². The van der Waals surface area contributed by atoms with Gasteiger partial charge in [0.25, 0.3) is 5.91 Å². The Morgan fingerprint density at radius 1 is 1.19 bits per heavy atom. The van der Waals surface area contributed by atoms with Crippen LogP contribution in [0.1, 0.15) is 11.8 Å². The molecule has 4 rings (SSSR count). The number of aromatic nitrogens is 1. The van der Waals surface area contributed by atoms with Crippen molar-refractivity contribution < 1.29 is 14.5 Å². The quantitative estimate of drug-likeness (QED) is 0.170. The van der Waals surface area contributed by atoms with Crippen molar-refractivity contribution in [3.8, 4) is 0 Å². The standard InChI is InChI=1S/C22H19N3O4S2/c1-2-29-14-13-24-18-10-7-15-5-3-4-6-17(15)21(18)31-22(24)23-19(26)11-8-16-9-12-20(30-16)25(27)28/h3-12H,2,13-14H2,1H3/b11-8+,23-22?. The molecule has 0 aliphatic carbocycles. The second-order valence-electron chi connectivity index (χ2n) is 6.58. The molecule has 0 fully saturated rings. The average Bonchev–Trinajstić information content (AvgIpc) is 3.38. The van der Waals surface area contributed by atoms with Crippen LogP contribution in [-0.4, -0.2) is 28.6 Å². The summed E-state index contributed by atoms with van der Waals surface area (Å²) in [4.78, 5) is 28.4. The van der Waals surface area contributed by atoms with Crippen LogP contribution in [0.3, 0.4) is 0 Å². The molecular weight excluding hydrogens is 434 g/mol. The Morgan fingerprint density at radius 3 is 2.81 bits per heavy atom. The van der Waals surface area contributed by atoms with Crippen molar-refractivity contribution in [2.75, 3.05) is 13.2 Å². The van der Waals surface area contributed by atoms with Gasteiger partial charge in [-0.15, -0.1) is 0 Å². The summed E-state index contributed by atoms with van der Waals surface area (Å²) in [6.45, 7) is 3.66. The maximum atomic E-state index is 12.5. The lowest BCUT2D eigenvalue weighted by atomic mass is 10.1. The topological polar surface area (TPSA) is 86.7 Å². The number of nitrogens with zero attached hydrogens (tertiary/aromatic N) is 3. The van der Waals surface area contributed by atoms with Crippen LogP contribution < -0.4 is 4.80 Å². The first-order valence-corrected chi connectivity index (χ1v) is 11.3. The molecule has 0 bridgehead atoms. The molecule has 0 unspecified atom stereocenters.